The van der Waals surface area contributed by atoms with Gasteiger partial charge in [-0.3, -0.25) is 0 Å². The molecule has 0 saturated heterocycles. The van der Waals surface area contributed by atoms with E-state index in [1.165, 1.54) is 0 Å². The van der Waals surface area contributed by atoms with Gasteiger partial charge in [-0.1, -0.05) is 22.9 Å². The Morgan fingerprint density at radius 2 is 2.22 bits per heavy atom. The van der Waals surface area contributed by atoms with E-state index in [9.17, 15) is 9.90 Å². The number of alkyl halides is 1. The number of carbonyl (C=O) groups excluding carboxylic acids is 1. The molecule has 0 heterocycles. The first-order chi connectivity index (χ1) is 3.66. The third-order valence-electron chi connectivity index (χ3n) is 0.831. The predicted octanol–water partition coefficient (Wildman–Crippen LogP) is -2.70. The van der Waals surface area contributed by atoms with Crippen LogP contribution in [-0.4, -0.2) is 10.8 Å². The van der Waals surface area contributed by atoms with Crippen LogP contribution in [0.2, 0.25) is 0 Å². The number of carboxylic acid groups (broad SMARTS) is 1. The molecule has 0 aliphatic carbocycles. The molecule has 0 unspecified atom stereocenters. The minimum absolute atomic E-state index is 0. The maximum Gasteiger partial charge on any atom is 1.00 e. The van der Waals surface area contributed by atoms with Gasteiger partial charge in [0.05, 0.1) is 0 Å². The van der Waals surface area contributed by atoms with E-state index in [2.05, 4.69) is 15.9 Å². The van der Waals surface area contributed by atoms with Crippen LogP contribution < -0.4 is 34.7 Å². The minimum atomic E-state index is -0.992. The van der Waals surface area contributed by atoms with Gasteiger partial charge in [-0.05, 0) is 12.8 Å². The van der Waals surface area contributed by atoms with Crippen molar-refractivity contribution in [2.75, 3.05) is 0 Å². The molecule has 9 heavy (non-hydrogen) atoms. The van der Waals surface area contributed by atoms with Gasteiger partial charge >= 0.3 is 29.6 Å². The first-order valence-electron chi connectivity index (χ1n) is 2.50. The predicted molar refractivity (Wildman–Crippen MR) is 32.6 cm³/mol. The largest absolute Gasteiger partial charge is 1.00 e. The Hall–Kier alpha value is 0.950. The standard InChI is InChI=1S/C5H9BrO2.Na/c1-2-4(6)3-5(7)8;/h4H,2-3H2,1H3,(H,7,8);/q;+1/p-1/t4-;/m1./s1. The second-order valence-electron chi connectivity index (χ2n) is 1.58. The average Bonchev–Trinajstić information content (AvgIpc) is 1.65. The summed E-state index contributed by atoms with van der Waals surface area (Å²) in [5, 5.41) is 9.83. The summed E-state index contributed by atoms with van der Waals surface area (Å²) in [6.07, 6.45) is 0.935. The average molecular weight is 203 g/mol. The molecule has 0 amide bonds. The van der Waals surface area contributed by atoms with Crippen LogP contribution in [0.3, 0.4) is 0 Å². The molecule has 2 nitrogen and oxygen atoms in total. The summed E-state index contributed by atoms with van der Waals surface area (Å²) in [7, 11) is 0. The Balaban J connectivity index is 0. The summed E-state index contributed by atoms with van der Waals surface area (Å²) in [6.45, 7) is 1.92. The van der Waals surface area contributed by atoms with Gasteiger partial charge in [0, 0.05) is 10.8 Å². The molecule has 0 aromatic heterocycles. The van der Waals surface area contributed by atoms with Crippen LogP contribution in [-0.2, 0) is 4.79 Å². The van der Waals surface area contributed by atoms with Crippen LogP contribution in [0.15, 0.2) is 0 Å². The van der Waals surface area contributed by atoms with E-state index in [4.69, 9.17) is 0 Å². The SMILES string of the molecule is CC[C@@H](Br)CC(=O)[O-].[Na+]. The maximum absolute atomic E-state index is 9.83. The maximum atomic E-state index is 9.83. The van der Waals surface area contributed by atoms with Gasteiger partial charge in [-0.15, -0.1) is 0 Å². The Morgan fingerprint density at radius 1 is 1.78 bits per heavy atom. The molecule has 48 valence electrons. The normalized spacial score (nSPS) is 11.8. The molecule has 4 heteroatoms. The Labute approximate surface area is 85.4 Å². The second kappa shape index (κ2) is 7.06. The molecule has 0 N–H and O–H groups in total. The van der Waals surface area contributed by atoms with Gasteiger partial charge in [0.2, 0.25) is 0 Å². The zero-order chi connectivity index (χ0) is 6.57. The van der Waals surface area contributed by atoms with E-state index in [0.717, 1.165) is 6.42 Å². The molecule has 0 spiro atoms. The van der Waals surface area contributed by atoms with Crippen molar-refractivity contribution in [2.45, 2.75) is 24.6 Å². The van der Waals surface area contributed by atoms with E-state index in [0.29, 0.717) is 0 Å². The van der Waals surface area contributed by atoms with Crippen molar-refractivity contribution in [3.63, 3.8) is 0 Å². The number of rotatable bonds is 3. The Morgan fingerprint density at radius 3 is 2.33 bits per heavy atom. The molecule has 0 bridgehead atoms. The molecule has 0 aliphatic heterocycles. The minimum Gasteiger partial charge on any atom is -0.550 e. The number of halogens is 1. The molecule has 0 radical (unpaired) electrons. The van der Waals surface area contributed by atoms with Crippen LogP contribution in [0.25, 0.3) is 0 Å². The Kier molecular flexibility index (Phi) is 9.89. The van der Waals surface area contributed by atoms with Crippen LogP contribution >= 0.6 is 15.9 Å². The van der Waals surface area contributed by atoms with Gasteiger partial charge < -0.3 is 9.90 Å². The van der Waals surface area contributed by atoms with Crippen LogP contribution in [0.1, 0.15) is 19.8 Å². The third kappa shape index (κ3) is 8.95. The van der Waals surface area contributed by atoms with Crippen molar-refractivity contribution in [2.24, 2.45) is 0 Å². The molecule has 0 aromatic carbocycles. The summed E-state index contributed by atoms with van der Waals surface area (Å²) in [4.78, 5) is 9.90. The van der Waals surface area contributed by atoms with Gasteiger partial charge in [0.1, 0.15) is 0 Å². The van der Waals surface area contributed by atoms with E-state index >= 15 is 0 Å². The third-order valence-corrected chi connectivity index (χ3v) is 1.80. The molecule has 0 saturated carbocycles. The summed E-state index contributed by atoms with van der Waals surface area (Å²) >= 11 is 3.16. The zero-order valence-electron chi connectivity index (χ0n) is 5.69. The molecule has 1 atom stereocenters. The quantitative estimate of drug-likeness (QED) is 0.370. The zero-order valence-corrected chi connectivity index (χ0v) is 9.27. The molecular weight excluding hydrogens is 195 g/mol. The number of carboxylic acids is 1. The smallest absolute Gasteiger partial charge is 0.550 e. The van der Waals surface area contributed by atoms with Crippen molar-refractivity contribution in [3.8, 4) is 0 Å². The van der Waals surface area contributed by atoms with Gasteiger partial charge in [0.25, 0.3) is 0 Å². The van der Waals surface area contributed by atoms with E-state index in [1.807, 2.05) is 6.92 Å². The second-order valence-corrected chi connectivity index (χ2v) is 2.88. The molecule has 0 aliphatic rings. The fourth-order valence-corrected chi connectivity index (χ4v) is 0.590. The molecular formula is C5H8BrNaO2. The van der Waals surface area contributed by atoms with E-state index in [1.54, 1.807) is 0 Å². The Bertz CT molecular complexity index is 87.0. The van der Waals surface area contributed by atoms with E-state index < -0.39 is 5.97 Å². The first-order valence-corrected chi connectivity index (χ1v) is 3.42. The van der Waals surface area contributed by atoms with Crippen LogP contribution in [0, 0.1) is 0 Å². The van der Waals surface area contributed by atoms with Crippen LogP contribution in [0.5, 0.6) is 0 Å². The van der Waals surface area contributed by atoms with Gasteiger partial charge in [-0.2, -0.15) is 0 Å². The summed E-state index contributed by atoms with van der Waals surface area (Å²) < 4.78 is 0. The van der Waals surface area contributed by atoms with Gasteiger partial charge in [-0.25, -0.2) is 0 Å². The molecule has 0 rings (SSSR count). The summed E-state index contributed by atoms with van der Waals surface area (Å²) in [5.74, 6) is -0.992. The fraction of sp³-hybridized carbons (Fsp3) is 0.800. The van der Waals surface area contributed by atoms with Crippen molar-refractivity contribution in [1.82, 2.24) is 0 Å². The summed E-state index contributed by atoms with van der Waals surface area (Å²) in [5.41, 5.74) is 0. The van der Waals surface area contributed by atoms with Crippen molar-refractivity contribution in [1.29, 1.82) is 0 Å². The van der Waals surface area contributed by atoms with Gasteiger partial charge in [0.15, 0.2) is 0 Å². The number of carbonyl (C=O) groups is 1. The summed E-state index contributed by atoms with van der Waals surface area (Å²) in [6, 6.07) is 0. The fourth-order valence-electron chi connectivity index (χ4n) is 0.325. The number of hydrogen-bond donors (Lipinski definition) is 0. The monoisotopic (exact) mass is 202 g/mol. The molecule has 0 aromatic rings. The van der Waals surface area contributed by atoms with Crippen molar-refractivity contribution >= 4 is 21.9 Å². The number of aliphatic carboxylic acids is 1. The van der Waals surface area contributed by atoms with Crippen LogP contribution in [0.4, 0.5) is 0 Å². The molecule has 0 fully saturated rings. The first kappa shape index (κ1) is 12.6. The topological polar surface area (TPSA) is 40.1 Å². The van der Waals surface area contributed by atoms with E-state index in [-0.39, 0.29) is 40.8 Å². The van der Waals surface area contributed by atoms with Crippen molar-refractivity contribution in [3.05, 3.63) is 0 Å². The van der Waals surface area contributed by atoms with Crippen molar-refractivity contribution < 1.29 is 39.5 Å². The number of hydrogen-bond acceptors (Lipinski definition) is 2.